The van der Waals surface area contributed by atoms with Gasteiger partial charge in [0.1, 0.15) is 0 Å². The van der Waals surface area contributed by atoms with Gasteiger partial charge < -0.3 is 0 Å². The third-order valence-electron chi connectivity index (χ3n) is 2.36. The van der Waals surface area contributed by atoms with Gasteiger partial charge in [-0.2, -0.15) is 0 Å². The summed E-state index contributed by atoms with van der Waals surface area (Å²) in [5.74, 6) is 0. The summed E-state index contributed by atoms with van der Waals surface area (Å²) >= 11 is 8.36. The molecule has 0 amide bonds. The van der Waals surface area contributed by atoms with Crippen LogP contribution in [0.25, 0.3) is 16.2 Å². The smallest absolute Gasteiger partial charge is 0.0545 e. The molecule has 0 fully saturated rings. The van der Waals surface area contributed by atoms with Crippen LogP contribution < -0.4 is 0 Å². The highest BCUT2D eigenvalue weighted by Gasteiger charge is 2.06. The second-order valence-electron chi connectivity index (χ2n) is 3.37. The van der Waals surface area contributed by atoms with Gasteiger partial charge in [0.05, 0.1) is 5.03 Å². The fraction of sp³-hybridized carbons (Fsp3) is 0. The predicted molar refractivity (Wildman–Crippen MR) is 79.7 cm³/mol. The molecule has 2 aromatic carbocycles. The van der Waals surface area contributed by atoms with Crippen molar-refractivity contribution in [3.05, 3.63) is 64.2 Å². The lowest BCUT2D eigenvalue weighted by molar-refractivity contribution is 1.59. The van der Waals surface area contributed by atoms with Gasteiger partial charge in [0.25, 0.3) is 0 Å². The predicted octanol–water partition coefficient (Wildman–Crippen LogP) is 5.33. The zero-order valence-electron chi connectivity index (χ0n) is 8.53. The van der Waals surface area contributed by atoms with E-state index in [0.29, 0.717) is 0 Å². The third kappa shape index (κ3) is 2.47. The molecule has 80 valence electrons. The number of hydrogen-bond donors (Lipinski definition) is 0. The molecule has 2 aromatic rings. The Bertz CT molecular complexity index is 503. The van der Waals surface area contributed by atoms with Crippen molar-refractivity contribution in [1.29, 1.82) is 0 Å². The molecule has 0 atom stereocenters. The van der Waals surface area contributed by atoms with E-state index in [1.165, 1.54) is 11.1 Å². The third-order valence-corrected chi connectivity index (χ3v) is 3.67. The molecular weight excluding hydrogens is 331 g/mol. The number of rotatable bonds is 2. The molecule has 16 heavy (non-hydrogen) atoms. The first-order chi connectivity index (χ1) is 7.83. The van der Waals surface area contributed by atoms with Crippen molar-refractivity contribution >= 4 is 39.2 Å². The Kier molecular flexibility index (Phi) is 4.02. The highest BCUT2D eigenvalue weighted by molar-refractivity contribution is 14.1. The highest BCUT2D eigenvalue weighted by Crippen LogP contribution is 2.31. The van der Waals surface area contributed by atoms with Gasteiger partial charge >= 0.3 is 0 Å². The van der Waals surface area contributed by atoms with Gasteiger partial charge in [0, 0.05) is 5.56 Å². The zero-order chi connectivity index (χ0) is 11.4. The summed E-state index contributed by atoms with van der Waals surface area (Å²) in [5, 5.41) is 0.778. The number of benzene rings is 2. The summed E-state index contributed by atoms with van der Waals surface area (Å²) in [7, 11) is 0. The van der Waals surface area contributed by atoms with E-state index >= 15 is 0 Å². The lowest BCUT2D eigenvalue weighted by Gasteiger charge is -2.08. The van der Waals surface area contributed by atoms with E-state index in [0.717, 1.165) is 10.6 Å². The molecule has 0 unspecified atom stereocenters. The van der Waals surface area contributed by atoms with Crippen LogP contribution in [0, 0.1) is 0 Å². The van der Waals surface area contributed by atoms with Gasteiger partial charge in [0.2, 0.25) is 0 Å². The molecule has 2 heteroatoms. The van der Waals surface area contributed by atoms with E-state index in [4.69, 9.17) is 11.6 Å². The summed E-state index contributed by atoms with van der Waals surface area (Å²) < 4.78 is 1.89. The summed E-state index contributed by atoms with van der Waals surface area (Å²) in [6.45, 7) is 0. The highest BCUT2D eigenvalue weighted by atomic mass is 127. The topological polar surface area (TPSA) is 0 Å². The van der Waals surface area contributed by atoms with E-state index in [-0.39, 0.29) is 0 Å². The molecular formula is C14H10ClI. The minimum atomic E-state index is 0.778. The fourth-order valence-electron chi connectivity index (χ4n) is 1.62. The zero-order valence-corrected chi connectivity index (χ0v) is 11.4. The average molecular weight is 341 g/mol. The Morgan fingerprint density at radius 1 is 0.938 bits per heavy atom. The lowest BCUT2D eigenvalue weighted by atomic mass is 10.00. The van der Waals surface area contributed by atoms with E-state index in [9.17, 15) is 0 Å². The molecule has 0 spiro atoms. The van der Waals surface area contributed by atoms with Gasteiger partial charge in [-0.25, -0.2) is 0 Å². The van der Waals surface area contributed by atoms with Crippen LogP contribution in [0.4, 0.5) is 0 Å². The van der Waals surface area contributed by atoms with Crippen LogP contribution >= 0.6 is 34.2 Å². The van der Waals surface area contributed by atoms with E-state index in [1.807, 2.05) is 40.5 Å². The van der Waals surface area contributed by atoms with E-state index in [1.54, 1.807) is 0 Å². The normalized spacial score (nSPS) is 11.5. The first-order valence-corrected chi connectivity index (χ1v) is 6.56. The van der Waals surface area contributed by atoms with E-state index < -0.39 is 0 Å². The maximum atomic E-state index is 6.20. The quantitative estimate of drug-likeness (QED) is 0.649. The summed E-state index contributed by atoms with van der Waals surface area (Å²) in [5.41, 5.74) is 3.43. The van der Waals surface area contributed by atoms with Gasteiger partial charge in [-0.05, 0) is 15.2 Å². The minimum absolute atomic E-state index is 0.778. The standard InChI is InChI=1S/C14H10ClI/c15-14(10-16)13-9-5-4-8-12(13)11-6-2-1-3-7-11/h1-10H/b14-10-. The largest absolute Gasteiger partial charge is 0.0832 e. The Balaban J connectivity index is 2.58. The summed E-state index contributed by atoms with van der Waals surface area (Å²) in [4.78, 5) is 0. The van der Waals surface area contributed by atoms with E-state index in [2.05, 4.69) is 40.8 Å². The summed E-state index contributed by atoms with van der Waals surface area (Å²) in [6.07, 6.45) is 0. The van der Waals surface area contributed by atoms with Crippen molar-refractivity contribution in [2.45, 2.75) is 0 Å². The monoisotopic (exact) mass is 340 g/mol. The SMILES string of the molecule is Cl/C(=C\I)c1ccccc1-c1ccccc1. The molecule has 0 aliphatic heterocycles. The Morgan fingerprint density at radius 2 is 1.56 bits per heavy atom. The molecule has 0 N–H and O–H groups in total. The lowest BCUT2D eigenvalue weighted by Crippen LogP contribution is -1.84. The second-order valence-corrected chi connectivity index (χ2v) is 4.40. The minimum Gasteiger partial charge on any atom is -0.0832 e. The van der Waals surface area contributed by atoms with Crippen LogP contribution in [0.3, 0.4) is 0 Å². The Morgan fingerprint density at radius 3 is 2.25 bits per heavy atom. The molecule has 0 nitrogen and oxygen atoms in total. The molecule has 0 heterocycles. The van der Waals surface area contributed by atoms with Crippen LogP contribution in [0.5, 0.6) is 0 Å². The van der Waals surface area contributed by atoms with Crippen LogP contribution in [0.1, 0.15) is 5.56 Å². The molecule has 0 aliphatic rings. The van der Waals surface area contributed by atoms with Gasteiger partial charge in [-0.3, -0.25) is 0 Å². The van der Waals surface area contributed by atoms with Crippen molar-refractivity contribution in [2.24, 2.45) is 0 Å². The molecule has 0 aromatic heterocycles. The first-order valence-electron chi connectivity index (χ1n) is 4.93. The Labute approximate surface area is 114 Å². The van der Waals surface area contributed by atoms with Crippen molar-refractivity contribution in [1.82, 2.24) is 0 Å². The fourth-order valence-corrected chi connectivity index (χ4v) is 2.12. The van der Waals surface area contributed by atoms with Crippen molar-refractivity contribution in [3.63, 3.8) is 0 Å². The van der Waals surface area contributed by atoms with Crippen LogP contribution in [0.2, 0.25) is 0 Å². The summed E-state index contributed by atoms with van der Waals surface area (Å²) in [6, 6.07) is 18.4. The number of hydrogen-bond acceptors (Lipinski definition) is 0. The maximum absolute atomic E-state index is 6.20. The second kappa shape index (κ2) is 5.51. The van der Waals surface area contributed by atoms with Crippen LogP contribution in [-0.4, -0.2) is 0 Å². The van der Waals surface area contributed by atoms with Crippen LogP contribution in [0.15, 0.2) is 58.7 Å². The molecule has 0 saturated carbocycles. The average Bonchev–Trinajstić information content (AvgIpc) is 2.39. The number of halogens is 2. The molecule has 0 bridgehead atoms. The van der Waals surface area contributed by atoms with Crippen molar-refractivity contribution in [3.8, 4) is 11.1 Å². The molecule has 0 saturated heterocycles. The molecule has 0 aliphatic carbocycles. The maximum Gasteiger partial charge on any atom is 0.0545 e. The van der Waals surface area contributed by atoms with Crippen molar-refractivity contribution < 1.29 is 0 Å². The van der Waals surface area contributed by atoms with Crippen molar-refractivity contribution in [2.75, 3.05) is 0 Å². The Hall–Kier alpha value is -0.800. The van der Waals surface area contributed by atoms with Gasteiger partial charge in [0.15, 0.2) is 0 Å². The van der Waals surface area contributed by atoms with Gasteiger partial charge in [-0.15, -0.1) is 0 Å². The first kappa shape index (κ1) is 11.7. The molecule has 0 radical (unpaired) electrons. The van der Waals surface area contributed by atoms with Gasteiger partial charge in [-0.1, -0.05) is 88.8 Å². The molecule has 2 rings (SSSR count). The van der Waals surface area contributed by atoms with Crippen LogP contribution in [-0.2, 0) is 0 Å².